The van der Waals surface area contributed by atoms with Gasteiger partial charge in [-0.25, -0.2) is 8.78 Å². The van der Waals surface area contributed by atoms with Crippen molar-refractivity contribution in [3.63, 3.8) is 0 Å². The molecule has 2 aromatic carbocycles. The number of carbonyl (C=O) groups is 2. The van der Waals surface area contributed by atoms with Gasteiger partial charge in [0.2, 0.25) is 5.91 Å². The first-order valence-electron chi connectivity index (χ1n) is 6.66. The minimum atomic E-state index is -1.15. The highest BCUT2D eigenvalue weighted by molar-refractivity contribution is 6.30. The van der Waals surface area contributed by atoms with E-state index in [1.165, 1.54) is 0 Å². The second-order valence-electron chi connectivity index (χ2n) is 4.89. The molecule has 0 aromatic heterocycles. The van der Waals surface area contributed by atoms with Gasteiger partial charge in [0, 0.05) is 17.0 Å². The van der Waals surface area contributed by atoms with Crippen LogP contribution in [0.5, 0.6) is 0 Å². The lowest BCUT2D eigenvalue weighted by Gasteiger charge is -2.16. The van der Waals surface area contributed by atoms with Gasteiger partial charge < -0.3 is 11.1 Å². The van der Waals surface area contributed by atoms with Crippen molar-refractivity contribution in [2.45, 2.75) is 12.5 Å². The minimum Gasteiger partial charge on any atom is -0.368 e. The summed E-state index contributed by atoms with van der Waals surface area (Å²) in [6, 6.07) is 8.40. The van der Waals surface area contributed by atoms with Crippen LogP contribution in [0.4, 0.5) is 8.78 Å². The van der Waals surface area contributed by atoms with E-state index in [2.05, 4.69) is 5.32 Å². The number of hydrogen-bond donors (Lipinski definition) is 2. The zero-order valence-corrected chi connectivity index (χ0v) is 12.6. The van der Waals surface area contributed by atoms with Crippen LogP contribution in [-0.2, 0) is 11.2 Å². The average Bonchev–Trinajstić information content (AvgIpc) is 2.51. The van der Waals surface area contributed by atoms with E-state index in [1.54, 1.807) is 24.3 Å². The van der Waals surface area contributed by atoms with Crippen molar-refractivity contribution >= 4 is 23.4 Å². The Balaban J connectivity index is 2.12. The summed E-state index contributed by atoms with van der Waals surface area (Å²) in [5.41, 5.74) is 5.92. The fourth-order valence-corrected chi connectivity index (χ4v) is 2.08. The van der Waals surface area contributed by atoms with Crippen LogP contribution in [0, 0.1) is 11.6 Å². The third-order valence-electron chi connectivity index (χ3n) is 3.18. The van der Waals surface area contributed by atoms with Crippen molar-refractivity contribution in [3.8, 4) is 0 Å². The standard InChI is InChI=1S/C16H13ClF2N2O2/c17-11-4-1-9(2-5-11)7-14(15(20)22)21-16(23)10-3-6-12(18)13(19)8-10/h1-6,8,14H,7H2,(H2,20,22)(H,21,23)/t14-/m1/s1. The minimum absolute atomic E-state index is 0.105. The van der Waals surface area contributed by atoms with Crippen LogP contribution < -0.4 is 11.1 Å². The fourth-order valence-electron chi connectivity index (χ4n) is 1.96. The molecule has 2 rings (SSSR count). The molecule has 0 unspecified atom stereocenters. The van der Waals surface area contributed by atoms with Crippen molar-refractivity contribution in [2.24, 2.45) is 5.73 Å². The Kier molecular flexibility index (Phi) is 5.28. The van der Waals surface area contributed by atoms with Crippen molar-refractivity contribution in [2.75, 3.05) is 0 Å². The van der Waals surface area contributed by atoms with Crippen molar-refractivity contribution in [1.82, 2.24) is 5.32 Å². The van der Waals surface area contributed by atoms with Crippen LogP contribution in [-0.4, -0.2) is 17.9 Å². The summed E-state index contributed by atoms with van der Waals surface area (Å²) >= 11 is 5.78. The van der Waals surface area contributed by atoms with Gasteiger partial charge in [0.15, 0.2) is 11.6 Å². The highest BCUT2D eigenvalue weighted by Gasteiger charge is 2.20. The summed E-state index contributed by atoms with van der Waals surface area (Å²) in [6.07, 6.45) is 0.155. The Morgan fingerprint density at radius 3 is 2.30 bits per heavy atom. The summed E-state index contributed by atoms with van der Waals surface area (Å²) < 4.78 is 26.0. The van der Waals surface area contributed by atoms with Crippen LogP contribution in [0.25, 0.3) is 0 Å². The Hall–Kier alpha value is -2.47. The number of amides is 2. The summed E-state index contributed by atoms with van der Waals surface area (Å²) in [5.74, 6) is -3.67. The maximum atomic E-state index is 13.2. The maximum absolute atomic E-state index is 13.2. The van der Waals surface area contributed by atoms with Gasteiger partial charge >= 0.3 is 0 Å². The lowest BCUT2D eigenvalue weighted by molar-refractivity contribution is -0.119. The summed E-state index contributed by atoms with van der Waals surface area (Å²) in [5, 5.41) is 2.94. The van der Waals surface area contributed by atoms with Crippen molar-refractivity contribution in [1.29, 1.82) is 0 Å². The molecule has 120 valence electrons. The number of nitrogens with two attached hydrogens (primary N) is 1. The molecule has 0 heterocycles. The van der Waals surface area contributed by atoms with E-state index in [1.807, 2.05) is 0 Å². The molecular weight excluding hydrogens is 326 g/mol. The molecule has 0 aliphatic rings. The molecule has 0 radical (unpaired) electrons. The summed E-state index contributed by atoms with van der Waals surface area (Å²) in [6.45, 7) is 0. The Morgan fingerprint density at radius 2 is 1.74 bits per heavy atom. The molecule has 3 N–H and O–H groups in total. The summed E-state index contributed by atoms with van der Waals surface area (Å²) in [4.78, 5) is 23.5. The first-order valence-corrected chi connectivity index (χ1v) is 7.04. The Bertz CT molecular complexity index is 735. The number of hydrogen-bond acceptors (Lipinski definition) is 2. The van der Waals surface area contributed by atoms with Gasteiger partial charge in [-0.05, 0) is 35.9 Å². The lowest BCUT2D eigenvalue weighted by atomic mass is 10.0. The molecular formula is C16H13ClF2N2O2. The van der Waals surface area contributed by atoms with Gasteiger partial charge in [-0.2, -0.15) is 0 Å². The third-order valence-corrected chi connectivity index (χ3v) is 3.44. The smallest absolute Gasteiger partial charge is 0.252 e. The molecule has 0 spiro atoms. The third kappa shape index (κ3) is 4.50. The average molecular weight is 339 g/mol. The Morgan fingerprint density at radius 1 is 1.09 bits per heavy atom. The van der Waals surface area contributed by atoms with Crippen molar-refractivity contribution < 1.29 is 18.4 Å². The van der Waals surface area contributed by atoms with E-state index in [0.29, 0.717) is 5.02 Å². The zero-order valence-electron chi connectivity index (χ0n) is 11.9. The molecule has 1 atom stereocenters. The number of rotatable bonds is 5. The molecule has 0 aliphatic carbocycles. The van der Waals surface area contributed by atoms with Gasteiger partial charge in [-0.3, -0.25) is 9.59 Å². The van der Waals surface area contributed by atoms with Gasteiger partial charge in [0.25, 0.3) is 5.91 Å². The highest BCUT2D eigenvalue weighted by atomic mass is 35.5. The number of benzene rings is 2. The normalized spacial score (nSPS) is 11.8. The Labute approximate surface area is 136 Å². The van der Waals surface area contributed by atoms with E-state index in [9.17, 15) is 18.4 Å². The number of nitrogens with one attached hydrogen (secondary N) is 1. The topological polar surface area (TPSA) is 72.2 Å². The van der Waals surface area contributed by atoms with E-state index in [-0.39, 0.29) is 12.0 Å². The molecule has 7 heteroatoms. The van der Waals surface area contributed by atoms with Gasteiger partial charge in [0.1, 0.15) is 6.04 Å². The van der Waals surface area contributed by atoms with E-state index >= 15 is 0 Å². The second kappa shape index (κ2) is 7.19. The van der Waals surface area contributed by atoms with Gasteiger partial charge in [-0.15, -0.1) is 0 Å². The maximum Gasteiger partial charge on any atom is 0.252 e. The second-order valence-corrected chi connectivity index (χ2v) is 5.32. The molecule has 0 saturated carbocycles. The van der Waals surface area contributed by atoms with Gasteiger partial charge in [0.05, 0.1) is 0 Å². The van der Waals surface area contributed by atoms with E-state index in [0.717, 1.165) is 23.8 Å². The van der Waals surface area contributed by atoms with Crippen LogP contribution >= 0.6 is 11.6 Å². The molecule has 0 fully saturated rings. The first-order chi connectivity index (χ1) is 10.9. The predicted molar refractivity (Wildman–Crippen MR) is 82.0 cm³/mol. The molecule has 4 nitrogen and oxygen atoms in total. The largest absolute Gasteiger partial charge is 0.368 e. The van der Waals surface area contributed by atoms with Crippen LogP contribution in [0.2, 0.25) is 5.02 Å². The lowest BCUT2D eigenvalue weighted by Crippen LogP contribution is -2.45. The first kappa shape index (κ1) is 16.9. The molecule has 23 heavy (non-hydrogen) atoms. The predicted octanol–water partition coefficient (Wildman–Crippen LogP) is 2.44. The molecule has 0 aliphatic heterocycles. The monoisotopic (exact) mass is 338 g/mol. The molecule has 2 aromatic rings. The molecule has 2 amide bonds. The SMILES string of the molecule is NC(=O)[C@@H](Cc1ccc(Cl)cc1)NC(=O)c1ccc(F)c(F)c1. The highest BCUT2D eigenvalue weighted by Crippen LogP contribution is 2.12. The molecule has 0 bridgehead atoms. The van der Waals surface area contributed by atoms with Crippen LogP contribution in [0.1, 0.15) is 15.9 Å². The molecule has 0 saturated heterocycles. The van der Waals surface area contributed by atoms with Gasteiger partial charge in [-0.1, -0.05) is 23.7 Å². The number of halogens is 3. The fraction of sp³-hybridized carbons (Fsp3) is 0.125. The van der Waals surface area contributed by atoms with Crippen LogP contribution in [0.3, 0.4) is 0 Å². The quantitative estimate of drug-likeness (QED) is 0.879. The van der Waals surface area contributed by atoms with Crippen LogP contribution in [0.15, 0.2) is 42.5 Å². The van der Waals surface area contributed by atoms with E-state index < -0.39 is 29.5 Å². The summed E-state index contributed by atoms with van der Waals surface area (Å²) in [7, 11) is 0. The van der Waals surface area contributed by atoms with Crippen molar-refractivity contribution in [3.05, 3.63) is 70.2 Å². The number of primary amides is 1. The van der Waals surface area contributed by atoms with E-state index in [4.69, 9.17) is 17.3 Å². The number of carbonyl (C=O) groups excluding carboxylic acids is 2. The zero-order chi connectivity index (χ0) is 17.0.